The Morgan fingerprint density at radius 2 is 2.10 bits per heavy atom. The molecule has 0 aliphatic rings. The third-order valence-electron chi connectivity index (χ3n) is 3.10. The average molecular weight is 286 g/mol. The van der Waals surface area contributed by atoms with Gasteiger partial charge >= 0.3 is 0 Å². The van der Waals surface area contributed by atoms with E-state index in [1.807, 2.05) is 31.3 Å². The molecule has 0 aliphatic heterocycles. The van der Waals surface area contributed by atoms with Crippen LogP contribution in [0, 0.1) is 6.92 Å². The molecule has 5 heteroatoms. The fraction of sp³-hybridized carbons (Fsp3) is 0.375. The van der Waals surface area contributed by atoms with Gasteiger partial charge in [0.25, 0.3) is 0 Å². The number of methoxy groups -OCH3 is 1. The van der Waals surface area contributed by atoms with Crippen molar-refractivity contribution in [3.63, 3.8) is 0 Å². The summed E-state index contributed by atoms with van der Waals surface area (Å²) in [4.78, 5) is 8.78. The van der Waals surface area contributed by atoms with Gasteiger partial charge in [0.2, 0.25) is 5.95 Å². The summed E-state index contributed by atoms with van der Waals surface area (Å²) in [6.45, 7) is 5.68. The van der Waals surface area contributed by atoms with Gasteiger partial charge in [0.15, 0.2) is 0 Å². The first-order valence-electron chi connectivity index (χ1n) is 7.17. The van der Waals surface area contributed by atoms with Crippen molar-refractivity contribution < 1.29 is 4.74 Å². The van der Waals surface area contributed by atoms with E-state index in [1.165, 1.54) is 0 Å². The van der Waals surface area contributed by atoms with Gasteiger partial charge in [-0.1, -0.05) is 19.1 Å². The van der Waals surface area contributed by atoms with Gasteiger partial charge in [0.05, 0.1) is 7.11 Å². The number of nitrogens with zero attached hydrogens (tertiary/aromatic N) is 2. The van der Waals surface area contributed by atoms with Crippen LogP contribution in [0.25, 0.3) is 0 Å². The lowest BCUT2D eigenvalue weighted by molar-refractivity contribution is 0.414. The summed E-state index contributed by atoms with van der Waals surface area (Å²) in [5.41, 5.74) is 2.18. The molecule has 0 unspecified atom stereocenters. The van der Waals surface area contributed by atoms with Crippen LogP contribution in [0.15, 0.2) is 30.5 Å². The number of aromatic nitrogens is 2. The summed E-state index contributed by atoms with van der Waals surface area (Å²) >= 11 is 0. The second-order valence-corrected chi connectivity index (χ2v) is 4.86. The lowest BCUT2D eigenvalue weighted by Crippen LogP contribution is -2.09. The zero-order chi connectivity index (χ0) is 15.1. The largest absolute Gasteiger partial charge is 0.497 e. The van der Waals surface area contributed by atoms with Crippen LogP contribution >= 0.6 is 0 Å². The van der Waals surface area contributed by atoms with E-state index >= 15 is 0 Å². The van der Waals surface area contributed by atoms with Crippen LogP contribution in [-0.2, 0) is 6.54 Å². The van der Waals surface area contributed by atoms with Crippen LogP contribution < -0.4 is 15.4 Å². The fourth-order valence-electron chi connectivity index (χ4n) is 1.91. The van der Waals surface area contributed by atoms with Crippen molar-refractivity contribution in [3.8, 4) is 5.75 Å². The minimum Gasteiger partial charge on any atom is -0.497 e. The minimum atomic E-state index is 0.663. The van der Waals surface area contributed by atoms with Gasteiger partial charge in [0, 0.05) is 24.8 Å². The Balaban J connectivity index is 2.04. The van der Waals surface area contributed by atoms with Crippen LogP contribution in [0.2, 0.25) is 0 Å². The zero-order valence-electron chi connectivity index (χ0n) is 12.8. The smallest absolute Gasteiger partial charge is 0.224 e. The number of hydrogen-bond acceptors (Lipinski definition) is 5. The van der Waals surface area contributed by atoms with E-state index in [0.29, 0.717) is 12.5 Å². The molecule has 1 heterocycles. The first kappa shape index (κ1) is 15.1. The molecule has 0 radical (unpaired) electrons. The molecule has 0 saturated carbocycles. The Kier molecular flexibility index (Phi) is 5.37. The zero-order valence-corrected chi connectivity index (χ0v) is 12.8. The van der Waals surface area contributed by atoms with Crippen molar-refractivity contribution in [2.45, 2.75) is 26.8 Å². The maximum Gasteiger partial charge on any atom is 0.224 e. The number of ether oxygens (including phenoxy) is 1. The van der Waals surface area contributed by atoms with Crippen molar-refractivity contribution in [1.29, 1.82) is 0 Å². The van der Waals surface area contributed by atoms with Gasteiger partial charge in [-0.25, -0.2) is 4.98 Å². The van der Waals surface area contributed by atoms with Crippen molar-refractivity contribution in [2.75, 3.05) is 24.3 Å². The monoisotopic (exact) mass is 286 g/mol. The maximum absolute atomic E-state index is 5.23. The van der Waals surface area contributed by atoms with E-state index in [4.69, 9.17) is 4.74 Å². The van der Waals surface area contributed by atoms with Crippen molar-refractivity contribution in [2.24, 2.45) is 0 Å². The molecule has 0 aliphatic carbocycles. The molecular weight excluding hydrogens is 264 g/mol. The van der Waals surface area contributed by atoms with Gasteiger partial charge in [-0.2, -0.15) is 4.98 Å². The molecule has 0 saturated heterocycles. The predicted octanol–water partition coefficient (Wildman–Crippen LogP) is 3.23. The van der Waals surface area contributed by atoms with Crippen LogP contribution in [-0.4, -0.2) is 23.6 Å². The summed E-state index contributed by atoms with van der Waals surface area (Å²) in [7, 11) is 1.67. The SMILES string of the molecule is CCCNc1ncc(C)c(NCc2cccc(OC)c2)n1. The van der Waals surface area contributed by atoms with Gasteiger partial charge in [-0.15, -0.1) is 0 Å². The molecular formula is C16H22N4O. The molecule has 0 amide bonds. The molecule has 0 spiro atoms. The van der Waals surface area contributed by atoms with E-state index in [-0.39, 0.29) is 0 Å². The van der Waals surface area contributed by atoms with E-state index in [9.17, 15) is 0 Å². The van der Waals surface area contributed by atoms with Crippen LogP contribution in [0.4, 0.5) is 11.8 Å². The second-order valence-electron chi connectivity index (χ2n) is 4.86. The van der Waals surface area contributed by atoms with Gasteiger partial charge < -0.3 is 15.4 Å². The molecule has 0 fully saturated rings. The Labute approximate surface area is 125 Å². The first-order valence-corrected chi connectivity index (χ1v) is 7.17. The summed E-state index contributed by atoms with van der Waals surface area (Å²) in [6.07, 6.45) is 2.88. The maximum atomic E-state index is 5.23. The summed E-state index contributed by atoms with van der Waals surface area (Å²) in [5.74, 6) is 2.38. The standard InChI is InChI=1S/C16H22N4O/c1-4-8-17-16-19-10-12(2)15(20-16)18-11-13-6-5-7-14(9-13)21-3/h5-7,9-10H,4,8,11H2,1-3H3,(H2,17,18,19,20). The quantitative estimate of drug-likeness (QED) is 0.818. The van der Waals surface area contributed by atoms with Crippen LogP contribution in [0.3, 0.4) is 0 Å². The molecule has 2 aromatic rings. The lowest BCUT2D eigenvalue weighted by Gasteiger charge is -2.11. The molecule has 1 aromatic carbocycles. The summed E-state index contributed by atoms with van der Waals surface area (Å²) in [6, 6.07) is 7.99. The number of benzene rings is 1. The summed E-state index contributed by atoms with van der Waals surface area (Å²) < 4.78 is 5.23. The summed E-state index contributed by atoms with van der Waals surface area (Å²) in [5, 5.41) is 6.55. The third kappa shape index (κ3) is 4.34. The number of aryl methyl sites for hydroxylation is 1. The Morgan fingerprint density at radius 1 is 1.24 bits per heavy atom. The molecule has 5 nitrogen and oxygen atoms in total. The highest BCUT2D eigenvalue weighted by Gasteiger charge is 2.04. The number of anilines is 2. The molecule has 2 rings (SSSR count). The Morgan fingerprint density at radius 3 is 2.86 bits per heavy atom. The first-order chi connectivity index (χ1) is 10.2. The highest BCUT2D eigenvalue weighted by atomic mass is 16.5. The highest BCUT2D eigenvalue weighted by Crippen LogP contribution is 2.16. The van der Waals surface area contributed by atoms with E-state index in [2.05, 4.69) is 33.6 Å². The fourth-order valence-corrected chi connectivity index (χ4v) is 1.91. The van der Waals surface area contributed by atoms with Crippen LogP contribution in [0.5, 0.6) is 5.75 Å². The Bertz CT molecular complexity index is 586. The third-order valence-corrected chi connectivity index (χ3v) is 3.10. The topological polar surface area (TPSA) is 59.1 Å². The predicted molar refractivity (Wildman–Crippen MR) is 85.9 cm³/mol. The van der Waals surface area contributed by atoms with Crippen LogP contribution in [0.1, 0.15) is 24.5 Å². The highest BCUT2D eigenvalue weighted by molar-refractivity contribution is 5.47. The van der Waals surface area contributed by atoms with Crippen molar-refractivity contribution in [3.05, 3.63) is 41.6 Å². The number of nitrogens with one attached hydrogen (secondary N) is 2. The molecule has 0 bridgehead atoms. The second kappa shape index (κ2) is 7.47. The van der Waals surface area contributed by atoms with E-state index in [1.54, 1.807) is 7.11 Å². The van der Waals surface area contributed by atoms with E-state index < -0.39 is 0 Å². The lowest BCUT2D eigenvalue weighted by atomic mass is 10.2. The molecule has 112 valence electrons. The van der Waals surface area contributed by atoms with E-state index in [0.717, 1.165) is 35.7 Å². The molecule has 1 aromatic heterocycles. The van der Waals surface area contributed by atoms with Gasteiger partial charge in [0.1, 0.15) is 11.6 Å². The normalized spacial score (nSPS) is 10.2. The van der Waals surface area contributed by atoms with Crippen molar-refractivity contribution >= 4 is 11.8 Å². The number of hydrogen-bond donors (Lipinski definition) is 2. The molecule has 21 heavy (non-hydrogen) atoms. The molecule has 0 atom stereocenters. The average Bonchev–Trinajstić information content (AvgIpc) is 2.53. The van der Waals surface area contributed by atoms with Gasteiger partial charge in [-0.3, -0.25) is 0 Å². The molecule has 2 N–H and O–H groups in total. The number of rotatable bonds is 7. The Hall–Kier alpha value is -2.30. The van der Waals surface area contributed by atoms with Gasteiger partial charge in [-0.05, 0) is 31.0 Å². The van der Waals surface area contributed by atoms with Crippen molar-refractivity contribution in [1.82, 2.24) is 9.97 Å². The minimum absolute atomic E-state index is 0.663.